The second kappa shape index (κ2) is 5.71. The molecule has 2 heterocycles. The molecule has 0 saturated heterocycles. The van der Waals surface area contributed by atoms with Gasteiger partial charge < -0.3 is 5.73 Å². The number of pyridine rings is 1. The quantitative estimate of drug-likeness (QED) is 0.858. The normalized spacial score (nSPS) is 19.1. The van der Waals surface area contributed by atoms with Gasteiger partial charge in [-0.15, -0.1) is 0 Å². The molecule has 19 heavy (non-hydrogen) atoms. The summed E-state index contributed by atoms with van der Waals surface area (Å²) in [5, 5.41) is 0. The van der Waals surface area contributed by atoms with Crippen molar-refractivity contribution < 1.29 is 13.2 Å². The molecule has 2 rings (SSSR count). The van der Waals surface area contributed by atoms with Crippen LogP contribution in [0.15, 0.2) is 36.2 Å². The zero-order valence-corrected chi connectivity index (χ0v) is 10.4. The second-order valence-corrected chi connectivity index (χ2v) is 4.51. The van der Waals surface area contributed by atoms with Crippen LogP contribution in [-0.2, 0) is 0 Å². The van der Waals surface area contributed by atoms with E-state index in [9.17, 15) is 13.2 Å². The molecule has 1 aliphatic rings. The standard InChI is InChI=1S/C13H16F3N3/c14-13(15,16)11-3-6-19(7-4-11)12(8-17)10-2-1-5-18-9-10/h1-3,5,9,12H,4,6-8,17H2. The first-order valence-corrected chi connectivity index (χ1v) is 6.12. The summed E-state index contributed by atoms with van der Waals surface area (Å²) in [7, 11) is 0. The number of alkyl halides is 3. The fourth-order valence-electron chi connectivity index (χ4n) is 2.29. The Morgan fingerprint density at radius 3 is 2.68 bits per heavy atom. The lowest BCUT2D eigenvalue weighted by Gasteiger charge is -2.33. The van der Waals surface area contributed by atoms with Gasteiger partial charge in [-0.05, 0) is 18.1 Å². The van der Waals surface area contributed by atoms with E-state index in [0.717, 1.165) is 5.56 Å². The Morgan fingerprint density at radius 1 is 1.42 bits per heavy atom. The number of hydrogen-bond donors (Lipinski definition) is 1. The number of aromatic nitrogens is 1. The summed E-state index contributed by atoms with van der Waals surface area (Å²) < 4.78 is 37.7. The lowest BCUT2D eigenvalue weighted by Crippen LogP contribution is -2.38. The van der Waals surface area contributed by atoms with Crippen molar-refractivity contribution in [2.75, 3.05) is 19.6 Å². The van der Waals surface area contributed by atoms with Gasteiger partial charge in [0, 0.05) is 43.6 Å². The molecule has 3 nitrogen and oxygen atoms in total. The molecule has 2 N–H and O–H groups in total. The van der Waals surface area contributed by atoms with E-state index in [-0.39, 0.29) is 19.0 Å². The lowest BCUT2D eigenvalue weighted by atomic mass is 10.0. The van der Waals surface area contributed by atoms with Crippen molar-refractivity contribution in [1.82, 2.24) is 9.88 Å². The molecule has 1 aromatic heterocycles. The van der Waals surface area contributed by atoms with E-state index in [4.69, 9.17) is 5.73 Å². The van der Waals surface area contributed by atoms with Gasteiger partial charge in [0.05, 0.1) is 0 Å². The average Bonchev–Trinajstić information content (AvgIpc) is 2.40. The van der Waals surface area contributed by atoms with Crippen LogP contribution in [0.3, 0.4) is 0 Å². The maximum Gasteiger partial charge on any atom is 0.412 e. The fraction of sp³-hybridized carbons (Fsp3) is 0.462. The van der Waals surface area contributed by atoms with Crippen molar-refractivity contribution in [3.05, 3.63) is 41.7 Å². The maximum absolute atomic E-state index is 12.6. The van der Waals surface area contributed by atoms with Gasteiger partial charge >= 0.3 is 6.18 Å². The van der Waals surface area contributed by atoms with Gasteiger partial charge in [-0.1, -0.05) is 12.1 Å². The molecule has 0 spiro atoms. The van der Waals surface area contributed by atoms with E-state index in [0.29, 0.717) is 13.1 Å². The third-order valence-corrected chi connectivity index (χ3v) is 3.34. The number of nitrogens with zero attached hydrogens (tertiary/aromatic N) is 2. The van der Waals surface area contributed by atoms with Crippen LogP contribution in [0.4, 0.5) is 13.2 Å². The molecule has 1 unspecified atom stereocenters. The first-order chi connectivity index (χ1) is 9.02. The average molecular weight is 271 g/mol. The Kier molecular flexibility index (Phi) is 4.21. The van der Waals surface area contributed by atoms with E-state index in [1.807, 2.05) is 11.0 Å². The summed E-state index contributed by atoms with van der Waals surface area (Å²) in [4.78, 5) is 5.98. The Labute approximate surface area is 109 Å². The van der Waals surface area contributed by atoms with Gasteiger partial charge in [-0.2, -0.15) is 13.2 Å². The summed E-state index contributed by atoms with van der Waals surface area (Å²) in [5.74, 6) is 0. The van der Waals surface area contributed by atoms with Crippen LogP contribution < -0.4 is 5.73 Å². The van der Waals surface area contributed by atoms with Crippen molar-refractivity contribution in [2.45, 2.75) is 18.6 Å². The Balaban J connectivity index is 2.10. The molecule has 1 atom stereocenters. The van der Waals surface area contributed by atoms with Crippen LogP contribution in [0.5, 0.6) is 0 Å². The summed E-state index contributed by atoms with van der Waals surface area (Å²) in [6.45, 7) is 0.995. The largest absolute Gasteiger partial charge is 0.412 e. The summed E-state index contributed by atoms with van der Waals surface area (Å²) >= 11 is 0. The van der Waals surface area contributed by atoms with E-state index < -0.39 is 11.7 Å². The third kappa shape index (κ3) is 3.33. The molecule has 0 bridgehead atoms. The van der Waals surface area contributed by atoms with Gasteiger partial charge in [0.1, 0.15) is 0 Å². The molecule has 0 aromatic carbocycles. The third-order valence-electron chi connectivity index (χ3n) is 3.34. The summed E-state index contributed by atoms with van der Waals surface area (Å²) in [6.07, 6.45) is 0.427. The molecule has 1 aliphatic heterocycles. The maximum atomic E-state index is 12.6. The van der Waals surface area contributed by atoms with Crippen LogP contribution in [0, 0.1) is 0 Å². The van der Waals surface area contributed by atoms with Gasteiger partial charge in [0.25, 0.3) is 0 Å². The smallest absolute Gasteiger partial charge is 0.329 e. The Hall–Kier alpha value is -1.40. The number of hydrogen-bond acceptors (Lipinski definition) is 3. The lowest BCUT2D eigenvalue weighted by molar-refractivity contribution is -0.0964. The van der Waals surface area contributed by atoms with Crippen LogP contribution in [-0.4, -0.2) is 35.7 Å². The monoisotopic (exact) mass is 271 g/mol. The van der Waals surface area contributed by atoms with Crippen LogP contribution in [0.25, 0.3) is 0 Å². The van der Waals surface area contributed by atoms with Gasteiger partial charge in [-0.25, -0.2) is 0 Å². The predicted molar refractivity (Wildman–Crippen MR) is 66.4 cm³/mol. The van der Waals surface area contributed by atoms with Crippen molar-refractivity contribution in [2.24, 2.45) is 5.73 Å². The number of nitrogens with two attached hydrogens (primary N) is 1. The highest BCUT2D eigenvalue weighted by Crippen LogP contribution is 2.32. The molecule has 0 saturated carbocycles. The van der Waals surface area contributed by atoms with E-state index in [2.05, 4.69) is 4.98 Å². The number of rotatable bonds is 3. The van der Waals surface area contributed by atoms with Crippen molar-refractivity contribution in [3.8, 4) is 0 Å². The van der Waals surface area contributed by atoms with Gasteiger partial charge in [-0.3, -0.25) is 9.88 Å². The summed E-state index contributed by atoms with van der Waals surface area (Å²) in [6, 6.07) is 3.62. The highest BCUT2D eigenvalue weighted by Gasteiger charge is 2.35. The molecular weight excluding hydrogens is 255 g/mol. The number of halogens is 3. The second-order valence-electron chi connectivity index (χ2n) is 4.51. The van der Waals surface area contributed by atoms with Crippen LogP contribution in [0.2, 0.25) is 0 Å². The van der Waals surface area contributed by atoms with Crippen molar-refractivity contribution in [3.63, 3.8) is 0 Å². The molecule has 6 heteroatoms. The molecule has 104 valence electrons. The van der Waals surface area contributed by atoms with E-state index in [1.165, 1.54) is 6.08 Å². The Bertz CT molecular complexity index is 442. The van der Waals surface area contributed by atoms with Crippen molar-refractivity contribution >= 4 is 0 Å². The SMILES string of the molecule is NCC(c1cccnc1)N1CC=C(C(F)(F)F)CC1. The minimum Gasteiger partial charge on any atom is -0.329 e. The molecule has 0 radical (unpaired) electrons. The van der Waals surface area contributed by atoms with E-state index >= 15 is 0 Å². The molecule has 1 aromatic rings. The van der Waals surface area contributed by atoms with Crippen molar-refractivity contribution in [1.29, 1.82) is 0 Å². The highest BCUT2D eigenvalue weighted by atomic mass is 19.4. The predicted octanol–water partition coefficient (Wildman–Crippen LogP) is 2.28. The topological polar surface area (TPSA) is 42.1 Å². The Morgan fingerprint density at radius 2 is 2.21 bits per heavy atom. The zero-order chi connectivity index (χ0) is 13.9. The first-order valence-electron chi connectivity index (χ1n) is 6.12. The van der Waals surface area contributed by atoms with Gasteiger partial charge in [0.15, 0.2) is 0 Å². The molecule has 0 fully saturated rings. The molecule has 0 amide bonds. The zero-order valence-electron chi connectivity index (χ0n) is 10.4. The van der Waals surface area contributed by atoms with Gasteiger partial charge in [0.2, 0.25) is 0 Å². The first kappa shape index (κ1) is 14.0. The van der Waals surface area contributed by atoms with E-state index in [1.54, 1.807) is 18.5 Å². The minimum atomic E-state index is -4.21. The molecular formula is C13H16F3N3. The van der Waals surface area contributed by atoms with Crippen LogP contribution >= 0.6 is 0 Å². The minimum absolute atomic E-state index is 0.0141. The fourth-order valence-corrected chi connectivity index (χ4v) is 2.29. The summed E-state index contributed by atoms with van der Waals surface area (Å²) in [5.41, 5.74) is 6.24. The molecule has 0 aliphatic carbocycles. The highest BCUT2D eigenvalue weighted by molar-refractivity contribution is 5.18. The van der Waals surface area contributed by atoms with Crippen LogP contribution in [0.1, 0.15) is 18.0 Å².